The van der Waals surface area contributed by atoms with Crippen LogP contribution >= 0.6 is 11.3 Å². The van der Waals surface area contributed by atoms with Crippen LogP contribution in [-0.2, 0) is 21.4 Å². The van der Waals surface area contributed by atoms with Crippen LogP contribution in [-0.4, -0.2) is 37.2 Å². The molecule has 2 aromatic heterocycles. The molecule has 8 heteroatoms. The molecule has 0 saturated heterocycles. The van der Waals surface area contributed by atoms with Gasteiger partial charge < -0.3 is 5.32 Å². The summed E-state index contributed by atoms with van der Waals surface area (Å²) in [5.41, 5.74) is 0. The molecule has 0 radical (unpaired) electrons. The maximum absolute atomic E-state index is 12.2. The highest BCUT2D eigenvalue weighted by atomic mass is 32.2. The number of hydrogen-bond donors (Lipinski definition) is 1. The third-order valence-electron chi connectivity index (χ3n) is 2.75. The summed E-state index contributed by atoms with van der Waals surface area (Å²) in [6.07, 6.45) is 2.75. The van der Waals surface area contributed by atoms with Crippen molar-refractivity contribution in [2.75, 3.05) is 13.6 Å². The summed E-state index contributed by atoms with van der Waals surface area (Å²) < 4.78 is 25.4. The molecule has 0 spiro atoms. The van der Waals surface area contributed by atoms with E-state index >= 15 is 0 Å². The van der Waals surface area contributed by atoms with Gasteiger partial charge in [-0.3, -0.25) is 9.78 Å². The fourth-order valence-electron chi connectivity index (χ4n) is 1.62. The van der Waals surface area contributed by atoms with Crippen LogP contribution in [0.15, 0.2) is 46.9 Å². The number of thiophene rings is 1. The van der Waals surface area contributed by atoms with Crippen LogP contribution in [0.4, 0.5) is 0 Å². The maximum atomic E-state index is 12.2. The molecule has 0 fully saturated rings. The Morgan fingerprint density at radius 2 is 2.19 bits per heavy atom. The number of nitrogens with one attached hydrogen (secondary N) is 1. The minimum absolute atomic E-state index is 0.0681. The number of nitrogens with zero attached hydrogens (tertiary/aromatic N) is 2. The van der Waals surface area contributed by atoms with Gasteiger partial charge in [0, 0.05) is 24.3 Å². The smallest absolute Gasteiger partial charge is 0.244 e. The predicted molar refractivity (Wildman–Crippen MR) is 80.2 cm³/mol. The molecule has 2 rings (SSSR count). The lowest BCUT2D eigenvalue weighted by Gasteiger charge is -2.16. The van der Waals surface area contributed by atoms with Crippen molar-refractivity contribution in [2.45, 2.75) is 11.4 Å². The number of carbonyl (C=O) groups is 1. The van der Waals surface area contributed by atoms with Gasteiger partial charge in [-0.1, -0.05) is 6.07 Å². The van der Waals surface area contributed by atoms with Crippen molar-refractivity contribution in [1.29, 1.82) is 0 Å². The molecule has 1 N–H and O–H groups in total. The van der Waals surface area contributed by atoms with Crippen LogP contribution < -0.4 is 5.32 Å². The summed E-state index contributed by atoms with van der Waals surface area (Å²) >= 11 is 1.53. The van der Waals surface area contributed by atoms with E-state index in [0.29, 0.717) is 6.54 Å². The number of carbonyl (C=O) groups excluding carboxylic acids is 1. The van der Waals surface area contributed by atoms with Crippen LogP contribution in [0.5, 0.6) is 0 Å². The zero-order valence-electron chi connectivity index (χ0n) is 11.4. The molecule has 2 aromatic rings. The lowest BCUT2D eigenvalue weighted by Crippen LogP contribution is -2.38. The van der Waals surface area contributed by atoms with Gasteiger partial charge in [0.2, 0.25) is 15.9 Å². The average Bonchev–Trinajstić information content (AvgIpc) is 2.99. The lowest BCUT2D eigenvalue weighted by molar-refractivity contribution is -0.121. The van der Waals surface area contributed by atoms with E-state index in [1.54, 1.807) is 0 Å². The Labute approximate surface area is 127 Å². The molecule has 0 saturated carbocycles. The normalized spacial score (nSPS) is 11.5. The van der Waals surface area contributed by atoms with Gasteiger partial charge in [0.1, 0.15) is 4.90 Å². The van der Waals surface area contributed by atoms with Crippen LogP contribution in [0, 0.1) is 0 Å². The van der Waals surface area contributed by atoms with Gasteiger partial charge in [0.15, 0.2) is 0 Å². The molecule has 0 unspecified atom stereocenters. The standard InChI is InChI=1S/C13H15N3O3S2/c1-16(21(18,19)12-5-2-6-14-9-12)10-13(17)15-8-11-4-3-7-20-11/h2-7,9H,8,10H2,1H3,(H,15,17). The Hall–Kier alpha value is -1.77. The molecule has 0 atom stereocenters. The van der Waals surface area contributed by atoms with Crippen molar-refractivity contribution in [3.8, 4) is 0 Å². The maximum Gasteiger partial charge on any atom is 0.244 e. The fraction of sp³-hybridized carbons (Fsp3) is 0.231. The van der Waals surface area contributed by atoms with Gasteiger partial charge in [-0.15, -0.1) is 11.3 Å². The summed E-state index contributed by atoms with van der Waals surface area (Å²) in [6.45, 7) is 0.167. The highest BCUT2D eigenvalue weighted by Gasteiger charge is 2.22. The van der Waals surface area contributed by atoms with Crippen molar-refractivity contribution < 1.29 is 13.2 Å². The van der Waals surface area contributed by atoms with E-state index in [4.69, 9.17) is 0 Å². The first-order valence-corrected chi connectivity index (χ1v) is 8.47. The molecular formula is C13H15N3O3S2. The Morgan fingerprint density at radius 3 is 2.81 bits per heavy atom. The van der Waals surface area contributed by atoms with E-state index in [2.05, 4.69) is 10.3 Å². The van der Waals surface area contributed by atoms with Crippen molar-refractivity contribution in [2.24, 2.45) is 0 Å². The van der Waals surface area contributed by atoms with Gasteiger partial charge in [-0.2, -0.15) is 4.31 Å². The quantitative estimate of drug-likeness (QED) is 0.862. The predicted octanol–water partition coefficient (Wildman–Crippen LogP) is 1.08. The summed E-state index contributed by atoms with van der Waals surface area (Å²) in [5, 5.41) is 4.61. The van der Waals surface area contributed by atoms with E-state index in [9.17, 15) is 13.2 Å². The average molecular weight is 325 g/mol. The first-order valence-electron chi connectivity index (χ1n) is 6.15. The zero-order chi connectivity index (χ0) is 15.3. The van der Waals surface area contributed by atoms with Crippen LogP contribution in [0.2, 0.25) is 0 Å². The van der Waals surface area contributed by atoms with E-state index in [1.807, 2.05) is 17.5 Å². The molecule has 0 aliphatic carbocycles. The molecule has 0 aliphatic heterocycles. The van der Waals surface area contributed by atoms with E-state index in [1.165, 1.54) is 42.9 Å². The summed E-state index contributed by atoms with van der Waals surface area (Å²) in [6, 6.07) is 6.78. The SMILES string of the molecule is CN(CC(=O)NCc1cccs1)S(=O)(=O)c1cccnc1. The summed E-state index contributed by atoms with van der Waals surface area (Å²) in [4.78, 5) is 16.7. The Balaban J connectivity index is 1.94. The Bertz CT molecular complexity index is 685. The van der Waals surface area contributed by atoms with Crippen LogP contribution in [0.3, 0.4) is 0 Å². The number of sulfonamides is 1. The van der Waals surface area contributed by atoms with E-state index in [0.717, 1.165) is 9.18 Å². The van der Waals surface area contributed by atoms with Crippen molar-refractivity contribution >= 4 is 27.3 Å². The first-order chi connectivity index (χ1) is 10.00. The van der Waals surface area contributed by atoms with Gasteiger partial charge in [0.25, 0.3) is 0 Å². The third-order valence-corrected chi connectivity index (χ3v) is 5.41. The van der Waals surface area contributed by atoms with E-state index in [-0.39, 0.29) is 17.3 Å². The second kappa shape index (κ2) is 6.79. The summed E-state index contributed by atoms with van der Waals surface area (Å²) in [5.74, 6) is -0.349. The highest BCUT2D eigenvalue weighted by Crippen LogP contribution is 2.12. The monoisotopic (exact) mass is 325 g/mol. The number of likely N-dealkylation sites (N-methyl/N-ethyl adjacent to an activating group) is 1. The molecule has 0 aromatic carbocycles. The van der Waals surface area contributed by atoms with Crippen molar-refractivity contribution in [1.82, 2.24) is 14.6 Å². The number of hydrogen-bond acceptors (Lipinski definition) is 5. The molecule has 0 bridgehead atoms. The van der Waals surface area contributed by atoms with Gasteiger partial charge in [-0.25, -0.2) is 8.42 Å². The Morgan fingerprint density at radius 1 is 1.38 bits per heavy atom. The lowest BCUT2D eigenvalue weighted by atomic mass is 10.4. The van der Waals surface area contributed by atoms with Gasteiger partial charge in [0.05, 0.1) is 13.1 Å². The second-order valence-electron chi connectivity index (χ2n) is 4.31. The first kappa shape index (κ1) is 15.6. The minimum Gasteiger partial charge on any atom is -0.350 e. The molecule has 0 aliphatic rings. The molecular weight excluding hydrogens is 310 g/mol. The molecule has 6 nitrogen and oxygen atoms in total. The van der Waals surface area contributed by atoms with Gasteiger partial charge in [-0.05, 0) is 23.6 Å². The van der Waals surface area contributed by atoms with Gasteiger partial charge >= 0.3 is 0 Å². The molecule has 21 heavy (non-hydrogen) atoms. The minimum atomic E-state index is -3.69. The number of rotatable bonds is 6. The second-order valence-corrected chi connectivity index (χ2v) is 7.38. The number of aromatic nitrogens is 1. The number of amides is 1. The third kappa shape index (κ3) is 4.10. The highest BCUT2D eigenvalue weighted by molar-refractivity contribution is 7.89. The largest absolute Gasteiger partial charge is 0.350 e. The Kier molecular flexibility index (Phi) is 5.05. The van der Waals surface area contributed by atoms with Crippen LogP contribution in [0.25, 0.3) is 0 Å². The fourth-order valence-corrected chi connectivity index (χ4v) is 3.36. The van der Waals surface area contributed by atoms with Crippen molar-refractivity contribution in [3.63, 3.8) is 0 Å². The molecule has 1 amide bonds. The topological polar surface area (TPSA) is 79.4 Å². The van der Waals surface area contributed by atoms with Crippen molar-refractivity contribution in [3.05, 3.63) is 46.9 Å². The summed E-state index contributed by atoms with van der Waals surface area (Å²) in [7, 11) is -2.33. The zero-order valence-corrected chi connectivity index (χ0v) is 13.0. The van der Waals surface area contributed by atoms with Crippen LogP contribution in [0.1, 0.15) is 4.88 Å². The number of pyridine rings is 1. The van der Waals surface area contributed by atoms with E-state index < -0.39 is 10.0 Å². The molecule has 112 valence electrons. The molecule has 2 heterocycles.